The zero-order valence-corrected chi connectivity index (χ0v) is 15.2. The van der Waals surface area contributed by atoms with Crippen LogP contribution < -0.4 is 0 Å². The Morgan fingerprint density at radius 2 is 1.50 bits per heavy atom. The van der Waals surface area contributed by atoms with Crippen LogP contribution in [-0.2, 0) is 9.47 Å². The predicted molar refractivity (Wildman–Crippen MR) is 87.8 cm³/mol. The van der Waals surface area contributed by atoms with E-state index in [2.05, 4.69) is 0 Å². The largest absolute Gasteiger partial charge is 0.394 e. The van der Waals surface area contributed by atoms with Gasteiger partial charge >= 0.3 is 0 Å². The molecule has 0 spiro atoms. The van der Waals surface area contributed by atoms with Crippen LogP contribution in [0.4, 0.5) is 0 Å². The smallest absolute Gasteiger partial charge is 0.187 e. The van der Waals surface area contributed by atoms with Crippen LogP contribution in [0.5, 0.6) is 0 Å². The maximum Gasteiger partial charge on any atom is 0.187 e. The number of hydrogen-bond donors (Lipinski definition) is 8. The van der Waals surface area contributed by atoms with Crippen LogP contribution >= 0.6 is 0 Å². The highest BCUT2D eigenvalue weighted by Gasteiger charge is 2.46. The third-order valence-corrected chi connectivity index (χ3v) is 4.28. The number of ether oxygens (including phenoxy) is 2. The Hall–Kier alpha value is -0.400. The summed E-state index contributed by atoms with van der Waals surface area (Å²) in [7, 11) is 0. The molecule has 1 heterocycles. The summed E-state index contributed by atoms with van der Waals surface area (Å²) in [5.41, 5.74) is -0.399. The number of rotatable bonds is 8. The van der Waals surface area contributed by atoms with Gasteiger partial charge in [-0.15, -0.1) is 0 Å². The molecule has 9 atom stereocenters. The number of aliphatic hydroxyl groups is 8. The second-order valence-electron chi connectivity index (χ2n) is 7.87. The van der Waals surface area contributed by atoms with Gasteiger partial charge in [0.2, 0.25) is 0 Å². The van der Waals surface area contributed by atoms with Crippen LogP contribution in [0.15, 0.2) is 0 Å². The van der Waals surface area contributed by atoms with Gasteiger partial charge in [-0.05, 0) is 11.8 Å². The Balaban J connectivity index is 2.97. The molecule has 0 radical (unpaired) electrons. The van der Waals surface area contributed by atoms with E-state index in [4.69, 9.17) is 14.6 Å². The number of hydrogen-bond acceptors (Lipinski definition) is 10. The molecule has 26 heavy (non-hydrogen) atoms. The lowest BCUT2D eigenvalue weighted by molar-refractivity contribution is -0.322. The molecule has 0 aromatic heterocycles. The molecule has 0 saturated carbocycles. The van der Waals surface area contributed by atoms with E-state index in [-0.39, 0.29) is 6.42 Å². The molecular weight excluding hydrogens is 352 g/mol. The van der Waals surface area contributed by atoms with Crippen molar-refractivity contribution in [3.8, 4) is 0 Å². The molecule has 156 valence electrons. The highest BCUT2D eigenvalue weighted by molar-refractivity contribution is 4.91. The minimum Gasteiger partial charge on any atom is -0.394 e. The number of aliphatic hydroxyl groups excluding tert-OH is 8. The predicted octanol–water partition coefficient (Wildman–Crippen LogP) is -3.32. The van der Waals surface area contributed by atoms with E-state index >= 15 is 0 Å². The fourth-order valence-corrected chi connectivity index (χ4v) is 2.76. The summed E-state index contributed by atoms with van der Waals surface area (Å²) >= 11 is 0. The summed E-state index contributed by atoms with van der Waals surface area (Å²) in [5.74, 6) is 0. The first-order valence-corrected chi connectivity index (χ1v) is 8.54. The van der Waals surface area contributed by atoms with Gasteiger partial charge < -0.3 is 50.3 Å². The molecule has 1 fully saturated rings. The van der Waals surface area contributed by atoms with Crippen molar-refractivity contribution in [1.29, 1.82) is 0 Å². The van der Waals surface area contributed by atoms with Crippen LogP contribution in [0, 0.1) is 5.41 Å². The Morgan fingerprint density at radius 3 is 1.96 bits per heavy atom. The van der Waals surface area contributed by atoms with Crippen LogP contribution in [-0.4, -0.2) is 109 Å². The Bertz CT molecular complexity index is 412. The molecule has 0 aromatic carbocycles. The first kappa shape index (κ1) is 23.6. The summed E-state index contributed by atoms with van der Waals surface area (Å²) < 4.78 is 10.8. The molecular formula is C16H32O10. The van der Waals surface area contributed by atoms with E-state index in [1.54, 1.807) is 0 Å². The van der Waals surface area contributed by atoms with Crippen molar-refractivity contribution in [2.24, 2.45) is 5.41 Å². The van der Waals surface area contributed by atoms with E-state index in [0.29, 0.717) is 0 Å². The SMILES string of the molecule is CC(C)(C)C[C@H](O[C@@H]1O[C@H](CO)C(O)[C@H](O)C1O)[C@@H](O)[C@H](O)[C@H](O)CO. The minimum absolute atomic E-state index is 0.165. The van der Waals surface area contributed by atoms with Crippen molar-refractivity contribution in [2.75, 3.05) is 13.2 Å². The molecule has 1 saturated heterocycles. The topological polar surface area (TPSA) is 180 Å². The maximum atomic E-state index is 10.4. The van der Waals surface area contributed by atoms with Gasteiger partial charge in [-0.3, -0.25) is 0 Å². The Labute approximate surface area is 152 Å². The summed E-state index contributed by atoms with van der Waals surface area (Å²) in [6.07, 6.45) is -13.5. The van der Waals surface area contributed by atoms with E-state index in [1.165, 1.54) is 0 Å². The van der Waals surface area contributed by atoms with E-state index < -0.39 is 73.8 Å². The van der Waals surface area contributed by atoms with Gasteiger partial charge in [-0.1, -0.05) is 20.8 Å². The van der Waals surface area contributed by atoms with Crippen LogP contribution in [0.3, 0.4) is 0 Å². The van der Waals surface area contributed by atoms with Gasteiger partial charge in [-0.25, -0.2) is 0 Å². The standard InChI is InChI=1S/C16H32O10/c1-16(2,3)4-8(11(21)10(20)7(19)5-17)25-15-14(24)13(23)12(22)9(6-18)26-15/h7-15,17-24H,4-6H2,1-3H3/t7-,8+,9-,10-,11-,12?,13+,14?,15-/m1/s1. The second kappa shape index (κ2) is 9.69. The summed E-state index contributed by atoms with van der Waals surface area (Å²) in [6.45, 7) is 4.08. The van der Waals surface area contributed by atoms with Crippen molar-refractivity contribution in [1.82, 2.24) is 0 Å². The molecule has 0 bridgehead atoms. The Kier molecular flexibility index (Phi) is 8.81. The molecule has 10 heteroatoms. The van der Waals surface area contributed by atoms with Crippen molar-refractivity contribution in [3.05, 3.63) is 0 Å². The summed E-state index contributed by atoms with van der Waals surface area (Å²) in [4.78, 5) is 0. The average molecular weight is 384 g/mol. The second-order valence-corrected chi connectivity index (χ2v) is 7.87. The van der Waals surface area contributed by atoms with Gasteiger partial charge in [0.25, 0.3) is 0 Å². The monoisotopic (exact) mass is 384 g/mol. The van der Waals surface area contributed by atoms with E-state index in [9.17, 15) is 35.7 Å². The fraction of sp³-hybridized carbons (Fsp3) is 1.00. The van der Waals surface area contributed by atoms with Gasteiger partial charge in [0.05, 0.1) is 19.3 Å². The van der Waals surface area contributed by atoms with Crippen LogP contribution in [0.1, 0.15) is 27.2 Å². The third-order valence-electron chi connectivity index (χ3n) is 4.28. The lowest BCUT2D eigenvalue weighted by Gasteiger charge is -2.42. The normalized spacial score (nSPS) is 35.0. The zero-order chi connectivity index (χ0) is 20.2. The molecule has 8 N–H and O–H groups in total. The van der Waals surface area contributed by atoms with Crippen LogP contribution in [0.25, 0.3) is 0 Å². The molecule has 0 aromatic rings. The minimum atomic E-state index is -1.72. The van der Waals surface area contributed by atoms with Crippen molar-refractivity contribution in [3.63, 3.8) is 0 Å². The highest BCUT2D eigenvalue weighted by Crippen LogP contribution is 2.30. The summed E-state index contributed by atoms with van der Waals surface area (Å²) in [6, 6.07) is 0. The zero-order valence-electron chi connectivity index (χ0n) is 15.2. The van der Waals surface area contributed by atoms with E-state index in [0.717, 1.165) is 0 Å². The Morgan fingerprint density at radius 1 is 0.923 bits per heavy atom. The molecule has 1 aliphatic rings. The molecule has 1 aliphatic heterocycles. The average Bonchev–Trinajstić information content (AvgIpc) is 2.58. The van der Waals surface area contributed by atoms with Gasteiger partial charge in [0.1, 0.15) is 42.7 Å². The molecule has 2 unspecified atom stereocenters. The maximum absolute atomic E-state index is 10.4. The van der Waals surface area contributed by atoms with E-state index in [1.807, 2.05) is 20.8 Å². The van der Waals surface area contributed by atoms with Gasteiger partial charge in [0.15, 0.2) is 6.29 Å². The molecule has 1 rings (SSSR count). The van der Waals surface area contributed by atoms with Crippen molar-refractivity contribution >= 4 is 0 Å². The third kappa shape index (κ3) is 6.06. The molecule has 0 aliphatic carbocycles. The summed E-state index contributed by atoms with van der Waals surface area (Å²) in [5, 5.41) is 77.7. The van der Waals surface area contributed by atoms with Gasteiger partial charge in [-0.2, -0.15) is 0 Å². The van der Waals surface area contributed by atoms with Gasteiger partial charge in [0, 0.05) is 0 Å². The fourth-order valence-electron chi connectivity index (χ4n) is 2.76. The van der Waals surface area contributed by atoms with Crippen molar-refractivity contribution in [2.45, 2.75) is 82.3 Å². The molecule has 0 amide bonds. The van der Waals surface area contributed by atoms with Crippen LogP contribution in [0.2, 0.25) is 0 Å². The first-order valence-electron chi connectivity index (χ1n) is 8.54. The van der Waals surface area contributed by atoms with Crippen molar-refractivity contribution < 1.29 is 50.3 Å². The highest BCUT2D eigenvalue weighted by atomic mass is 16.7. The first-order chi connectivity index (χ1) is 11.9. The quantitative estimate of drug-likeness (QED) is 0.211. The molecule has 10 nitrogen and oxygen atoms in total. The lowest BCUT2D eigenvalue weighted by atomic mass is 9.85. The lowest BCUT2D eigenvalue weighted by Crippen LogP contribution is -2.60.